The molecular formula is C27H32N2O5. The highest BCUT2D eigenvalue weighted by atomic mass is 16.5. The van der Waals surface area contributed by atoms with Gasteiger partial charge in [-0.3, -0.25) is 4.79 Å². The van der Waals surface area contributed by atoms with Gasteiger partial charge in [-0.15, -0.1) is 0 Å². The SMILES string of the molecule is CCC(C)(NC(=O)C1CCC(NC(=O)OCC2c3ccccc3-c3ccccc32)CC1)C(=O)O. The molecule has 3 N–H and O–H groups in total. The van der Waals surface area contributed by atoms with E-state index in [0.717, 1.165) is 0 Å². The molecule has 7 nitrogen and oxygen atoms in total. The Hall–Kier alpha value is -3.35. The van der Waals surface area contributed by atoms with Gasteiger partial charge in [-0.1, -0.05) is 55.5 Å². The van der Waals surface area contributed by atoms with Crippen molar-refractivity contribution in [2.45, 2.75) is 63.5 Å². The number of alkyl carbamates (subject to hydrolysis) is 1. The quantitative estimate of drug-likeness (QED) is 0.561. The predicted octanol–water partition coefficient (Wildman–Crippen LogP) is 4.45. The lowest BCUT2D eigenvalue weighted by atomic mass is 9.84. The summed E-state index contributed by atoms with van der Waals surface area (Å²) in [6.07, 6.45) is 2.36. The third-order valence-electron chi connectivity index (χ3n) is 7.34. The van der Waals surface area contributed by atoms with E-state index in [9.17, 15) is 19.5 Å². The van der Waals surface area contributed by atoms with Crippen molar-refractivity contribution in [3.63, 3.8) is 0 Å². The Balaban J connectivity index is 1.27. The molecule has 2 aliphatic carbocycles. The number of carboxylic acids is 1. The van der Waals surface area contributed by atoms with Crippen molar-refractivity contribution in [1.29, 1.82) is 0 Å². The number of amides is 2. The molecular weight excluding hydrogens is 432 g/mol. The van der Waals surface area contributed by atoms with Gasteiger partial charge in [0.05, 0.1) is 0 Å². The molecule has 1 unspecified atom stereocenters. The van der Waals surface area contributed by atoms with Gasteiger partial charge in [0.25, 0.3) is 0 Å². The summed E-state index contributed by atoms with van der Waals surface area (Å²) < 4.78 is 5.63. The van der Waals surface area contributed by atoms with Gasteiger partial charge in [-0.05, 0) is 61.3 Å². The standard InChI is InChI=1S/C27H32N2O5/c1-3-27(2,25(31)32)29-24(30)17-12-14-18(15-13-17)28-26(33)34-16-23-21-10-6-4-8-19(21)20-9-5-7-11-22(20)23/h4-11,17-18,23H,3,12-16H2,1-2H3,(H,28,33)(H,29,30)(H,31,32). The van der Waals surface area contributed by atoms with Crippen molar-refractivity contribution in [2.75, 3.05) is 6.61 Å². The topological polar surface area (TPSA) is 105 Å². The summed E-state index contributed by atoms with van der Waals surface area (Å²) in [4.78, 5) is 36.6. The molecule has 7 heteroatoms. The van der Waals surface area contributed by atoms with Crippen LogP contribution in [0.15, 0.2) is 48.5 Å². The molecule has 0 radical (unpaired) electrons. The van der Waals surface area contributed by atoms with Crippen LogP contribution in [0.25, 0.3) is 11.1 Å². The molecule has 1 saturated carbocycles. The van der Waals surface area contributed by atoms with Gasteiger partial charge >= 0.3 is 12.1 Å². The van der Waals surface area contributed by atoms with Crippen LogP contribution in [0, 0.1) is 5.92 Å². The molecule has 0 saturated heterocycles. The van der Waals surface area contributed by atoms with E-state index in [0.29, 0.717) is 32.1 Å². The van der Waals surface area contributed by atoms with Crippen molar-refractivity contribution >= 4 is 18.0 Å². The van der Waals surface area contributed by atoms with Crippen LogP contribution in [-0.2, 0) is 14.3 Å². The summed E-state index contributed by atoms with van der Waals surface area (Å²) in [5.74, 6) is -1.49. The lowest BCUT2D eigenvalue weighted by Gasteiger charge is -2.31. The van der Waals surface area contributed by atoms with E-state index in [1.165, 1.54) is 29.2 Å². The van der Waals surface area contributed by atoms with Crippen LogP contribution in [0.4, 0.5) is 4.79 Å². The number of hydrogen-bond acceptors (Lipinski definition) is 4. The summed E-state index contributed by atoms with van der Waals surface area (Å²) in [6, 6.07) is 16.4. The second-order valence-electron chi connectivity index (χ2n) is 9.50. The number of hydrogen-bond donors (Lipinski definition) is 3. The van der Waals surface area contributed by atoms with E-state index in [-0.39, 0.29) is 30.4 Å². The van der Waals surface area contributed by atoms with E-state index < -0.39 is 17.6 Å². The van der Waals surface area contributed by atoms with Crippen LogP contribution < -0.4 is 10.6 Å². The van der Waals surface area contributed by atoms with Crippen LogP contribution >= 0.6 is 0 Å². The largest absolute Gasteiger partial charge is 0.480 e. The van der Waals surface area contributed by atoms with Gasteiger partial charge in [-0.2, -0.15) is 0 Å². The van der Waals surface area contributed by atoms with Gasteiger partial charge < -0.3 is 20.5 Å². The Morgan fingerprint density at radius 3 is 2.06 bits per heavy atom. The lowest BCUT2D eigenvalue weighted by Crippen LogP contribution is -2.54. The summed E-state index contributed by atoms with van der Waals surface area (Å²) >= 11 is 0. The second kappa shape index (κ2) is 9.87. The number of carboxylic acid groups (broad SMARTS) is 1. The van der Waals surface area contributed by atoms with Crippen LogP contribution in [0.2, 0.25) is 0 Å². The van der Waals surface area contributed by atoms with Gasteiger partial charge in [0.2, 0.25) is 5.91 Å². The summed E-state index contributed by atoms with van der Waals surface area (Å²) in [5.41, 5.74) is 3.46. The molecule has 0 spiro atoms. The highest BCUT2D eigenvalue weighted by molar-refractivity contribution is 5.87. The van der Waals surface area contributed by atoms with Gasteiger partial charge in [0.15, 0.2) is 0 Å². The number of carbonyl (C=O) groups is 3. The lowest BCUT2D eigenvalue weighted by molar-refractivity contribution is -0.147. The third kappa shape index (κ3) is 4.79. The Morgan fingerprint density at radius 1 is 0.971 bits per heavy atom. The minimum Gasteiger partial charge on any atom is -0.480 e. The van der Waals surface area contributed by atoms with Crippen LogP contribution in [0.3, 0.4) is 0 Å². The molecule has 2 aliphatic rings. The molecule has 2 aromatic rings. The summed E-state index contributed by atoms with van der Waals surface area (Å²) in [7, 11) is 0. The fraction of sp³-hybridized carbons (Fsp3) is 0.444. The average molecular weight is 465 g/mol. The van der Waals surface area contributed by atoms with Crippen molar-refractivity contribution in [1.82, 2.24) is 10.6 Å². The maximum absolute atomic E-state index is 12.6. The zero-order chi connectivity index (χ0) is 24.3. The predicted molar refractivity (Wildman–Crippen MR) is 128 cm³/mol. The molecule has 0 heterocycles. The minimum absolute atomic E-state index is 0.0136. The average Bonchev–Trinajstić information content (AvgIpc) is 3.16. The number of ether oxygens (including phenoxy) is 1. The highest BCUT2D eigenvalue weighted by Crippen LogP contribution is 2.44. The fourth-order valence-electron chi connectivity index (χ4n) is 4.97. The third-order valence-corrected chi connectivity index (χ3v) is 7.34. The number of aliphatic carboxylic acids is 1. The monoisotopic (exact) mass is 464 g/mol. The number of rotatable bonds is 7. The Labute approximate surface area is 199 Å². The molecule has 0 aromatic heterocycles. The number of nitrogens with one attached hydrogen (secondary N) is 2. The Bertz CT molecular complexity index is 1030. The summed E-state index contributed by atoms with van der Waals surface area (Å²) in [6.45, 7) is 3.53. The van der Waals surface area contributed by atoms with Crippen molar-refractivity contribution in [2.24, 2.45) is 5.92 Å². The van der Waals surface area contributed by atoms with Crippen molar-refractivity contribution < 1.29 is 24.2 Å². The van der Waals surface area contributed by atoms with Crippen molar-refractivity contribution in [3.05, 3.63) is 59.7 Å². The van der Waals surface area contributed by atoms with E-state index >= 15 is 0 Å². The molecule has 4 rings (SSSR count). The zero-order valence-electron chi connectivity index (χ0n) is 19.7. The maximum Gasteiger partial charge on any atom is 0.407 e. The normalized spacial score (nSPS) is 21.0. The van der Waals surface area contributed by atoms with Crippen molar-refractivity contribution in [3.8, 4) is 11.1 Å². The highest BCUT2D eigenvalue weighted by Gasteiger charge is 2.36. The van der Waals surface area contributed by atoms with Gasteiger partial charge in [-0.25, -0.2) is 9.59 Å². The summed E-state index contributed by atoms with van der Waals surface area (Å²) in [5, 5.41) is 15.0. The Kier molecular flexibility index (Phi) is 6.91. The van der Waals surface area contributed by atoms with Crippen LogP contribution in [0.5, 0.6) is 0 Å². The molecule has 180 valence electrons. The zero-order valence-corrected chi connectivity index (χ0v) is 19.7. The smallest absolute Gasteiger partial charge is 0.407 e. The van der Waals surface area contributed by atoms with E-state index in [1.54, 1.807) is 6.92 Å². The van der Waals surface area contributed by atoms with E-state index in [1.807, 2.05) is 24.3 Å². The van der Waals surface area contributed by atoms with Gasteiger partial charge in [0, 0.05) is 17.9 Å². The first-order valence-electron chi connectivity index (χ1n) is 12.0. The molecule has 0 aliphatic heterocycles. The molecule has 2 aromatic carbocycles. The van der Waals surface area contributed by atoms with Crippen LogP contribution in [0.1, 0.15) is 63.0 Å². The van der Waals surface area contributed by atoms with E-state index in [4.69, 9.17) is 4.74 Å². The number of benzene rings is 2. The number of fused-ring (bicyclic) bond motifs is 3. The first-order valence-corrected chi connectivity index (χ1v) is 12.0. The first-order chi connectivity index (χ1) is 16.3. The fourth-order valence-corrected chi connectivity index (χ4v) is 4.97. The van der Waals surface area contributed by atoms with E-state index in [2.05, 4.69) is 34.9 Å². The minimum atomic E-state index is -1.26. The first kappa shape index (κ1) is 23.8. The maximum atomic E-state index is 12.6. The van der Waals surface area contributed by atoms with Crippen LogP contribution in [-0.4, -0.2) is 41.3 Å². The molecule has 1 fully saturated rings. The Morgan fingerprint density at radius 2 is 1.53 bits per heavy atom. The molecule has 2 amide bonds. The molecule has 1 atom stereocenters. The second-order valence-corrected chi connectivity index (χ2v) is 9.50. The number of carbonyl (C=O) groups excluding carboxylic acids is 2. The molecule has 0 bridgehead atoms. The van der Waals surface area contributed by atoms with Gasteiger partial charge in [0.1, 0.15) is 12.1 Å². The molecule has 34 heavy (non-hydrogen) atoms.